The van der Waals surface area contributed by atoms with Crippen LogP contribution in [0.4, 0.5) is 11.5 Å². The van der Waals surface area contributed by atoms with E-state index in [2.05, 4.69) is 15.6 Å². The van der Waals surface area contributed by atoms with Gasteiger partial charge in [-0.15, -0.1) is 0 Å². The Morgan fingerprint density at radius 3 is 2.85 bits per heavy atom. The molecule has 0 fully saturated rings. The number of anilines is 1. The van der Waals surface area contributed by atoms with Gasteiger partial charge in [-0.1, -0.05) is 6.92 Å². The highest BCUT2D eigenvalue weighted by Crippen LogP contribution is 2.17. The van der Waals surface area contributed by atoms with Gasteiger partial charge in [-0.25, -0.2) is 4.98 Å². The van der Waals surface area contributed by atoms with E-state index in [0.717, 1.165) is 6.42 Å². The third-order valence-corrected chi connectivity index (χ3v) is 2.41. The van der Waals surface area contributed by atoms with Gasteiger partial charge in [0.1, 0.15) is 11.9 Å². The molecule has 0 aliphatic carbocycles. The van der Waals surface area contributed by atoms with Crippen LogP contribution in [0.25, 0.3) is 0 Å². The Labute approximate surface area is 116 Å². The highest BCUT2D eigenvalue weighted by atomic mass is 16.6. The third kappa shape index (κ3) is 4.53. The van der Waals surface area contributed by atoms with Gasteiger partial charge in [0.25, 0.3) is 0 Å². The first kappa shape index (κ1) is 15.4. The monoisotopic (exact) mass is 277 g/mol. The number of aromatic nitrogens is 1. The maximum atomic E-state index is 11.3. The summed E-state index contributed by atoms with van der Waals surface area (Å²) in [5.41, 5.74) is -0.589. The van der Waals surface area contributed by atoms with E-state index in [1.807, 2.05) is 6.92 Å². The second-order valence-corrected chi connectivity index (χ2v) is 3.96. The van der Waals surface area contributed by atoms with Gasteiger partial charge >= 0.3 is 5.69 Å². The van der Waals surface area contributed by atoms with E-state index in [1.165, 1.54) is 12.1 Å². The van der Waals surface area contributed by atoms with Crippen LogP contribution in [-0.4, -0.2) is 28.9 Å². The number of amides is 1. The number of carbonyl (C=O) groups is 1. The quantitative estimate of drug-likeness (QED) is 0.570. The minimum Gasteiger partial charge on any atom is -0.370 e. The predicted molar refractivity (Wildman–Crippen MR) is 72.0 cm³/mol. The lowest BCUT2D eigenvalue weighted by Gasteiger charge is -2.06. The maximum absolute atomic E-state index is 11.3. The number of nitrogens with zero attached hydrogens (tertiary/aromatic N) is 3. The zero-order valence-electron chi connectivity index (χ0n) is 11.0. The van der Waals surface area contributed by atoms with E-state index in [1.54, 1.807) is 6.07 Å². The molecular weight excluding hydrogens is 262 g/mol. The van der Waals surface area contributed by atoms with Crippen LogP contribution in [0.15, 0.2) is 12.1 Å². The van der Waals surface area contributed by atoms with E-state index >= 15 is 0 Å². The van der Waals surface area contributed by atoms with Crippen LogP contribution in [0.1, 0.15) is 25.5 Å². The Morgan fingerprint density at radius 2 is 2.25 bits per heavy atom. The molecule has 8 heteroatoms. The Balaban J connectivity index is 2.55. The summed E-state index contributed by atoms with van der Waals surface area (Å²) < 4.78 is 0. The summed E-state index contributed by atoms with van der Waals surface area (Å²) in [6.45, 7) is 2.93. The van der Waals surface area contributed by atoms with Gasteiger partial charge in [0, 0.05) is 25.6 Å². The zero-order valence-corrected chi connectivity index (χ0v) is 11.0. The number of nitro groups is 1. The highest BCUT2D eigenvalue weighted by Gasteiger charge is 2.15. The molecule has 0 spiro atoms. The summed E-state index contributed by atoms with van der Waals surface area (Å²) in [7, 11) is 0. The standard InChI is InChI=1S/C12H15N5O3/c1-2-6-15-12(18)5-7-14-11-4-3-10(17(19)20)9(8-13)16-11/h3-4H,2,5-7H2,1H3,(H,14,16)(H,15,18). The molecule has 106 valence electrons. The zero-order chi connectivity index (χ0) is 15.0. The van der Waals surface area contributed by atoms with E-state index < -0.39 is 4.92 Å². The Bertz CT molecular complexity index is 538. The molecule has 0 aliphatic rings. The van der Waals surface area contributed by atoms with Gasteiger partial charge in [-0.2, -0.15) is 5.26 Å². The number of carbonyl (C=O) groups excluding carboxylic acids is 1. The first-order valence-electron chi connectivity index (χ1n) is 6.14. The minimum absolute atomic E-state index is 0.0817. The van der Waals surface area contributed by atoms with Crippen molar-refractivity contribution in [2.24, 2.45) is 0 Å². The summed E-state index contributed by atoms with van der Waals surface area (Å²) in [6, 6.07) is 4.29. The molecule has 0 aliphatic heterocycles. The predicted octanol–water partition coefficient (Wildman–Crippen LogP) is 1.19. The van der Waals surface area contributed by atoms with Crippen molar-refractivity contribution < 1.29 is 9.72 Å². The summed E-state index contributed by atoms with van der Waals surface area (Å²) >= 11 is 0. The molecule has 1 aromatic heterocycles. The topological polar surface area (TPSA) is 121 Å². The largest absolute Gasteiger partial charge is 0.370 e. The average molecular weight is 277 g/mol. The molecule has 20 heavy (non-hydrogen) atoms. The fourth-order valence-electron chi connectivity index (χ4n) is 1.44. The number of nitrogens with one attached hydrogen (secondary N) is 2. The normalized spacial score (nSPS) is 9.60. The lowest BCUT2D eigenvalue weighted by Crippen LogP contribution is -2.26. The molecule has 0 radical (unpaired) electrons. The maximum Gasteiger partial charge on any atom is 0.305 e. The smallest absolute Gasteiger partial charge is 0.305 e. The molecule has 1 aromatic rings. The lowest BCUT2D eigenvalue weighted by molar-refractivity contribution is -0.385. The van der Waals surface area contributed by atoms with Gasteiger partial charge in [0.15, 0.2) is 0 Å². The van der Waals surface area contributed by atoms with E-state index in [9.17, 15) is 14.9 Å². The Morgan fingerprint density at radius 1 is 1.50 bits per heavy atom. The van der Waals surface area contributed by atoms with Crippen LogP contribution in [-0.2, 0) is 4.79 Å². The first-order valence-corrected chi connectivity index (χ1v) is 6.14. The van der Waals surface area contributed by atoms with Crippen molar-refractivity contribution in [3.05, 3.63) is 27.9 Å². The molecule has 2 N–H and O–H groups in total. The van der Waals surface area contributed by atoms with Crippen LogP contribution in [0.2, 0.25) is 0 Å². The first-order chi connectivity index (χ1) is 9.58. The van der Waals surface area contributed by atoms with Gasteiger partial charge in [0.2, 0.25) is 11.6 Å². The number of hydrogen-bond donors (Lipinski definition) is 2. The summed E-state index contributed by atoms with van der Waals surface area (Å²) in [5, 5.41) is 25.0. The van der Waals surface area contributed by atoms with Crippen LogP contribution < -0.4 is 10.6 Å². The highest BCUT2D eigenvalue weighted by molar-refractivity contribution is 5.76. The second-order valence-electron chi connectivity index (χ2n) is 3.96. The van der Waals surface area contributed by atoms with Gasteiger partial charge in [-0.3, -0.25) is 14.9 Å². The second kappa shape index (κ2) is 7.68. The molecule has 0 unspecified atom stereocenters. The van der Waals surface area contributed by atoms with Crippen LogP contribution >= 0.6 is 0 Å². The van der Waals surface area contributed by atoms with Crippen molar-refractivity contribution in [1.82, 2.24) is 10.3 Å². The molecular formula is C12H15N5O3. The molecule has 0 saturated heterocycles. The van der Waals surface area contributed by atoms with Crippen molar-refractivity contribution in [3.8, 4) is 6.07 Å². The number of hydrogen-bond acceptors (Lipinski definition) is 6. The van der Waals surface area contributed by atoms with E-state index in [-0.39, 0.29) is 23.7 Å². The molecule has 0 saturated carbocycles. The lowest BCUT2D eigenvalue weighted by atomic mass is 10.3. The van der Waals surface area contributed by atoms with Crippen LogP contribution in [0.5, 0.6) is 0 Å². The number of rotatable bonds is 7. The van der Waals surface area contributed by atoms with Crippen molar-refractivity contribution >= 4 is 17.4 Å². The molecule has 1 rings (SSSR count). The fraction of sp³-hybridized carbons (Fsp3) is 0.417. The van der Waals surface area contributed by atoms with Crippen molar-refractivity contribution in [2.45, 2.75) is 19.8 Å². The van der Waals surface area contributed by atoms with Crippen molar-refractivity contribution in [3.63, 3.8) is 0 Å². The molecule has 0 aromatic carbocycles. The summed E-state index contributed by atoms with van der Waals surface area (Å²) in [5.74, 6) is 0.247. The summed E-state index contributed by atoms with van der Waals surface area (Å²) in [6.07, 6.45) is 1.13. The van der Waals surface area contributed by atoms with Crippen LogP contribution in [0.3, 0.4) is 0 Å². The fourth-order valence-corrected chi connectivity index (χ4v) is 1.44. The van der Waals surface area contributed by atoms with Gasteiger partial charge in [-0.05, 0) is 12.5 Å². The number of pyridine rings is 1. The Hall–Kier alpha value is -2.69. The summed E-state index contributed by atoms with van der Waals surface area (Å²) in [4.78, 5) is 25.1. The third-order valence-electron chi connectivity index (χ3n) is 2.41. The molecule has 0 atom stereocenters. The molecule has 1 heterocycles. The van der Waals surface area contributed by atoms with E-state index in [4.69, 9.17) is 5.26 Å². The molecule has 8 nitrogen and oxygen atoms in total. The molecule has 0 bridgehead atoms. The Kier molecular flexibility index (Phi) is 5.90. The molecule has 1 amide bonds. The van der Waals surface area contributed by atoms with Crippen molar-refractivity contribution in [1.29, 1.82) is 5.26 Å². The average Bonchev–Trinajstić information content (AvgIpc) is 2.44. The van der Waals surface area contributed by atoms with Gasteiger partial charge in [0.05, 0.1) is 4.92 Å². The van der Waals surface area contributed by atoms with Crippen molar-refractivity contribution in [2.75, 3.05) is 18.4 Å². The van der Waals surface area contributed by atoms with Gasteiger partial charge < -0.3 is 10.6 Å². The minimum atomic E-state index is -0.659. The van der Waals surface area contributed by atoms with E-state index in [0.29, 0.717) is 18.9 Å². The number of nitriles is 1. The SMILES string of the molecule is CCCNC(=O)CCNc1ccc([N+](=O)[O-])c(C#N)n1. The van der Waals surface area contributed by atoms with Crippen LogP contribution in [0, 0.1) is 21.4 Å².